The average Bonchev–Trinajstić information content (AvgIpc) is 2.68. The minimum Gasteiger partial charge on any atom is -0.478 e. The largest absolute Gasteiger partial charge is 0.478 e. The van der Waals surface area contributed by atoms with Crippen molar-refractivity contribution in [2.24, 2.45) is 0 Å². The Labute approximate surface area is 166 Å². The Hall–Kier alpha value is -3.13. The fourth-order valence-electron chi connectivity index (χ4n) is 2.07. The normalized spacial score (nSPS) is 11.2. The minimum absolute atomic E-state index is 0.0534. The lowest BCUT2D eigenvalue weighted by molar-refractivity contribution is -0.132. The van der Waals surface area contributed by atoms with Gasteiger partial charge in [0.15, 0.2) is 17.7 Å². The number of carbonyl (C=O) groups is 3. The van der Waals surface area contributed by atoms with E-state index < -0.39 is 23.7 Å². The zero-order valence-corrected chi connectivity index (χ0v) is 15.8. The molecule has 2 rings (SSSR count). The third-order valence-corrected chi connectivity index (χ3v) is 3.83. The van der Waals surface area contributed by atoms with Crippen molar-refractivity contribution in [3.8, 4) is 5.75 Å². The summed E-state index contributed by atoms with van der Waals surface area (Å²) in [6.07, 6.45) is -1.08. The molecule has 28 heavy (non-hydrogen) atoms. The summed E-state index contributed by atoms with van der Waals surface area (Å²) < 4.78 is 18.7. The van der Waals surface area contributed by atoms with Crippen LogP contribution in [0.2, 0.25) is 5.02 Å². The molecule has 3 N–H and O–H groups in total. The van der Waals surface area contributed by atoms with Crippen LogP contribution in [-0.4, -0.2) is 30.4 Å². The van der Waals surface area contributed by atoms with Crippen molar-refractivity contribution in [1.82, 2.24) is 16.2 Å². The molecule has 0 fully saturated rings. The number of hydrogen-bond acceptors (Lipinski definition) is 4. The zero-order valence-electron chi connectivity index (χ0n) is 15.0. The van der Waals surface area contributed by atoms with E-state index in [1.165, 1.54) is 25.1 Å². The average molecular weight is 408 g/mol. The molecule has 0 aromatic heterocycles. The Morgan fingerprint density at radius 2 is 1.75 bits per heavy atom. The first-order chi connectivity index (χ1) is 13.4. The number of hydrazine groups is 1. The SMILES string of the molecule is C[C@H](Oc1ccccc1F)C(=O)NNC(=O)CCNC(=O)c1ccc(Cl)cc1. The molecule has 0 aliphatic carbocycles. The minimum atomic E-state index is -1.03. The van der Waals surface area contributed by atoms with Crippen LogP contribution in [0, 0.1) is 5.82 Å². The van der Waals surface area contributed by atoms with E-state index in [1.807, 2.05) is 0 Å². The molecule has 2 aromatic carbocycles. The second kappa shape index (κ2) is 10.3. The maximum atomic E-state index is 13.5. The van der Waals surface area contributed by atoms with Gasteiger partial charge < -0.3 is 10.1 Å². The molecular weight excluding hydrogens is 389 g/mol. The van der Waals surface area contributed by atoms with Crippen molar-refractivity contribution in [2.45, 2.75) is 19.4 Å². The highest BCUT2D eigenvalue weighted by atomic mass is 35.5. The van der Waals surface area contributed by atoms with Crippen LogP contribution >= 0.6 is 11.6 Å². The number of rotatable bonds is 7. The van der Waals surface area contributed by atoms with Crippen LogP contribution in [0.5, 0.6) is 5.75 Å². The predicted molar refractivity (Wildman–Crippen MR) is 101 cm³/mol. The van der Waals surface area contributed by atoms with E-state index in [2.05, 4.69) is 16.2 Å². The van der Waals surface area contributed by atoms with Crippen LogP contribution in [0.25, 0.3) is 0 Å². The molecule has 9 heteroatoms. The number of halogens is 2. The van der Waals surface area contributed by atoms with Gasteiger partial charge in [0, 0.05) is 23.6 Å². The second-order valence-corrected chi connectivity index (χ2v) is 6.18. The summed E-state index contributed by atoms with van der Waals surface area (Å²) in [5.74, 6) is -2.17. The highest BCUT2D eigenvalue weighted by Gasteiger charge is 2.17. The molecule has 7 nitrogen and oxygen atoms in total. The maximum Gasteiger partial charge on any atom is 0.279 e. The lowest BCUT2D eigenvalue weighted by atomic mass is 10.2. The molecule has 0 heterocycles. The Balaban J connectivity index is 1.68. The van der Waals surface area contributed by atoms with Crippen LogP contribution < -0.4 is 20.9 Å². The van der Waals surface area contributed by atoms with Crippen molar-refractivity contribution in [2.75, 3.05) is 6.54 Å². The van der Waals surface area contributed by atoms with Crippen molar-refractivity contribution in [3.05, 3.63) is 64.9 Å². The van der Waals surface area contributed by atoms with E-state index in [0.717, 1.165) is 0 Å². The number of ether oxygens (including phenoxy) is 1. The van der Waals surface area contributed by atoms with Gasteiger partial charge in [-0.15, -0.1) is 0 Å². The van der Waals surface area contributed by atoms with Crippen LogP contribution in [0.4, 0.5) is 4.39 Å². The molecule has 0 spiro atoms. The van der Waals surface area contributed by atoms with E-state index in [0.29, 0.717) is 10.6 Å². The van der Waals surface area contributed by atoms with Gasteiger partial charge in [0.05, 0.1) is 0 Å². The zero-order chi connectivity index (χ0) is 20.5. The van der Waals surface area contributed by atoms with Gasteiger partial charge in [-0.2, -0.15) is 0 Å². The van der Waals surface area contributed by atoms with Gasteiger partial charge >= 0.3 is 0 Å². The molecular formula is C19H19ClFN3O4. The van der Waals surface area contributed by atoms with E-state index in [-0.39, 0.29) is 24.6 Å². The van der Waals surface area contributed by atoms with Crippen LogP contribution in [0.3, 0.4) is 0 Å². The van der Waals surface area contributed by atoms with E-state index in [9.17, 15) is 18.8 Å². The third-order valence-electron chi connectivity index (χ3n) is 3.58. The number of carbonyl (C=O) groups excluding carboxylic acids is 3. The Morgan fingerprint density at radius 1 is 1.07 bits per heavy atom. The molecule has 0 unspecified atom stereocenters. The standard InChI is InChI=1S/C19H19ClFN3O4/c1-12(28-16-5-3-2-4-15(16)21)18(26)24-23-17(25)10-11-22-19(27)13-6-8-14(20)9-7-13/h2-9,12H,10-11H2,1H3,(H,22,27)(H,23,25)(H,24,26)/t12-/m0/s1. The molecule has 3 amide bonds. The van der Waals surface area contributed by atoms with Crippen LogP contribution in [-0.2, 0) is 9.59 Å². The number of para-hydroxylation sites is 1. The van der Waals surface area contributed by atoms with Crippen molar-refractivity contribution < 1.29 is 23.5 Å². The van der Waals surface area contributed by atoms with Gasteiger partial charge in [-0.1, -0.05) is 23.7 Å². The summed E-state index contributed by atoms with van der Waals surface area (Å²) in [6, 6.07) is 12.0. The van der Waals surface area contributed by atoms with E-state index in [4.69, 9.17) is 16.3 Å². The summed E-state index contributed by atoms with van der Waals surface area (Å²) >= 11 is 5.75. The maximum absolute atomic E-state index is 13.5. The Bertz CT molecular complexity index is 845. The lowest BCUT2D eigenvalue weighted by Gasteiger charge is -2.15. The number of amides is 3. The molecule has 0 bridgehead atoms. The Morgan fingerprint density at radius 3 is 2.43 bits per heavy atom. The number of hydrogen-bond donors (Lipinski definition) is 3. The topological polar surface area (TPSA) is 96.5 Å². The first-order valence-electron chi connectivity index (χ1n) is 8.40. The lowest BCUT2D eigenvalue weighted by Crippen LogP contribution is -2.47. The van der Waals surface area contributed by atoms with Gasteiger partial charge in [-0.3, -0.25) is 25.2 Å². The molecule has 0 radical (unpaired) electrons. The molecule has 1 atom stereocenters. The summed E-state index contributed by atoms with van der Waals surface area (Å²) in [5, 5.41) is 3.09. The molecule has 0 saturated carbocycles. The monoisotopic (exact) mass is 407 g/mol. The smallest absolute Gasteiger partial charge is 0.279 e. The number of nitrogens with one attached hydrogen (secondary N) is 3. The highest BCUT2D eigenvalue weighted by molar-refractivity contribution is 6.30. The van der Waals surface area contributed by atoms with Crippen molar-refractivity contribution in [3.63, 3.8) is 0 Å². The fourth-order valence-corrected chi connectivity index (χ4v) is 2.20. The molecule has 2 aromatic rings. The van der Waals surface area contributed by atoms with Crippen molar-refractivity contribution >= 4 is 29.3 Å². The van der Waals surface area contributed by atoms with Gasteiger partial charge in [-0.05, 0) is 43.3 Å². The van der Waals surface area contributed by atoms with E-state index >= 15 is 0 Å². The van der Waals surface area contributed by atoms with Gasteiger partial charge in [0.2, 0.25) is 5.91 Å². The van der Waals surface area contributed by atoms with E-state index in [1.54, 1.807) is 30.3 Å². The fraction of sp³-hybridized carbons (Fsp3) is 0.211. The number of benzene rings is 2. The first kappa shape index (κ1) is 21.2. The molecule has 0 saturated heterocycles. The summed E-state index contributed by atoms with van der Waals surface area (Å²) in [6.45, 7) is 1.49. The van der Waals surface area contributed by atoms with Crippen LogP contribution in [0.15, 0.2) is 48.5 Å². The molecule has 148 valence electrons. The third kappa shape index (κ3) is 6.55. The van der Waals surface area contributed by atoms with Gasteiger partial charge in [0.1, 0.15) is 0 Å². The molecule has 0 aliphatic rings. The van der Waals surface area contributed by atoms with Crippen LogP contribution in [0.1, 0.15) is 23.7 Å². The quantitative estimate of drug-likeness (QED) is 0.613. The summed E-state index contributed by atoms with van der Waals surface area (Å²) in [5.41, 5.74) is 4.80. The van der Waals surface area contributed by atoms with Gasteiger partial charge in [-0.25, -0.2) is 4.39 Å². The second-order valence-electron chi connectivity index (χ2n) is 5.74. The Kier molecular flexibility index (Phi) is 7.76. The highest BCUT2D eigenvalue weighted by Crippen LogP contribution is 2.16. The first-order valence-corrected chi connectivity index (χ1v) is 8.78. The summed E-state index contributed by atoms with van der Waals surface area (Å²) in [4.78, 5) is 35.5. The summed E-state index contributed by atoms with van der Waals surface area (Å²) in [7, 11) is 0. The van der Waals surface area contributed by atoms with Gasteiger partial charge in [0.25, 0.3) is 11.8 Å². The predicted octanol–water partition coefficient (Wildman–Crippen LogP) is 2.21. The molecule has 0 aliphatic heterocycles. The van der Waals surface area contributed by atoms with Crippen molar-refractivity contribution in [1.29, 1.82) is 0 Å².